The van der Waals surface area contributed by atoms with Crippen LogP contribution in [0.4, 0.5) is 9.59 Å². The number of rotatable bonds is 16. The molecule has 4 amide bonds. The van der Waals surface area contributed by atoms with E-state index in [0.717, 1.165) is 22.3 Å². The van der Waals surface area contributed by atoms with Gasteiger partial charge in [-0.25, -0.2) is 30.0 Å². The molecule has 0 aliphatic carbocycles. The fraction of sp³-hybridized carbons (Fsp3) is 0.263. The fourth-order valence-electron chi connectivity index (χ4n) is 4.77. The van der Waals surface area contributed by atoms with Gasteiger partial charge in [0, 0.05) is 12.8 Å². The molecule has 4 N–H and O–H groups in total. The van der Waals surface area contributed by atoms with Gasteiger partial charge in [-0.15, -0.1) is 0 Å². The summed E-state index contributed by atoms with van der Waals surface area (Å²) < 4.78 is 21.9. The lowest BCUT2D eigenvalue weighted by Crippen LogP contribution is -2.56. The van der Waals surface area contributed by atoms with Gasteiger partial charge in [-0.3, -0.25) is 0 Å². The van der Waals surface area contributed by atoms with Crippen LogP contribution >= 0.6 is 0 Å². The zero-order valence-corrected chi connectivity index (χ0v) is 28.1. The molecule has 4 aromatic rings. The Balaban J connectivity index is 1.27. The molecule has 262 valence electrons. The molecule has 12 nitrogen and oxygen atoms in total. The third kappa shape index (κ3) is 12.5. The first-order valence-electron chi connectivity index (χ1n) is 16.3. The van der Waals surface area contributed by atoms with E-state index < -0.39 is 36.1 Å². The first kappa shape index (κ1) is 36.8. The van der Waals surface area contributed by atoms with E-state index in [0.29, 0.717) is 24.7 Å². The molecule has 0 radical (unpaired) electrons. The highest BCUT2D eigenvalue weighted by Crippen LogP contribution is 2.17. The molecule has 0 aliphatic heterocycles. The van der Waals surface area contributed by atoms with Gasteiger partial charge >= 0.3 is 24.0 Å². The molecular weight excluding hydrogens is 640 g/mol. The lowest BCUT2D eigenvalue weighted by atomic mass is 10.1. The van der Waals surface area contributed by atoms with Gasteiger partial charge in [0.15, 0.2) is 0 Å². The average molecular weight is 683 g/mol. The van der Waals surface area contributed by atoms with Crippen LogP contribution in [0.15, 0.2) is 109 Å². The molecule has 0 aromatic heterocycles. The maximum absolute atomic E-state index is 12.7. The van der Waals surface area contributed by atoms with Crippen molar-refractivity contribution in [2.45, 2.75) is 52.0 Å². The Morgan fingerprint density at radius 3 is 1.20 bits per heavy atom. The summed E-state index contributed by atoms with van der Waals surface area (Å²) in [6, 6.07) is 29.9. The Kier molecular flexibility index (Phi) is 14.5. The van der Waals surface area contributed by atoms with Gasteiger partial charge in [-0.05, 0) is 60.4 Å². The summed E-state index contributed by atoms with van der Waals surface area (Å²) in [7, 11) is 0. The van der Waals surface area contributed by atoms with E-state index in [-0.39, 0.29) is 26.1 Å². The van der Waals surface area contributed by atoms with Crippen LogP contribution in [-0.4, -0.2) is 49.3 Å². The second-order valence-corrected chi connectivity index (χ2v) is 11.1. The molecule has 0 spiro atoms. The van der Waals surface area contributed by atoms with Crippen LogP contribution in [0.1, 0.15) is 36.1 Å². The first-order valence-corrected chi connectivity index (χ1v) is 16.3. The summed E-state index contributed by atoms with van der Waals surface area (Å²) >= 11 is 0. The molecule has 0 aliphatic rings. The minimum Gasteiger partial charge on any atom is -0.489 e. The Morgan fingerprint density at radius 1 is 0.500 bits per heavy atom. The van der Waals surface area contributed by atoms with Crippen molar-refractivity contribution in [2.24, 2.45) is 0 Å². The van der Waals surface area contributed by atoms with Gasteiger partial charge in [0.2, 0.25) is 0 Å². The van der Waals surface area contributed by atoms with E-state index in [1.54, 1.807) is 62.4 Å². The van der Waals surface area contributed by atoms with Gasteiger partial charge in [-0.1, -0.05) is 84.9 Å². The Hall–Kier alpha value is -6.04. The lowest BCUT2D eigenvalue weighted by Gasteiger charge is -2.20. The van der Waals surface area contributed by atoms with Crippen molar-refractivity contribution in [1.29, 1.82) is 0 Å². The molecule has 0 bridgehead atoms. The Morgan fingerprint density at radius 2 is 0.860 bits per heavy atom. The highest BCUT2D eigenvalue weighted by molar-refractivity contribution is 5.87. The van der Waals surface area contributed by atoms with Gasteiger partial charge < -0.3 is 29.6 Å². The first-order chi connectivity index (χ1) is 24.3. The SMILES string of the molecule is CCOC(=O)[C@H](Cc1ccc(OCc2ccccc2)cc1)NC(=O)NNC(=O)N[C@@H](Cc1ccc(OCc2ccccc2)cc1)C(=O)OCC. The minimum absolute atomic E-state index is 0.115. The van der Waals surface area contributed by atoms with E-state index in [4.69, 9.17) is 18.9 Å². The van der Waals surface area contributed by atoms with Crippen molar-refractivity contribution in [2.75, 3.05) is 13.2 Å². The molecule has 0 unspecified atom stereocenters. The highest BCUT2D eigenvalue weighted by Gasteiger charge is 2.25. The number of urea groups is 2. The van der Waals surface area contributed by atoms with Crippen molar-refractivity contribution in [1.82, 2.24) is 21.5 Å². The van der Waals surface area contributed by atoms with Crippen molar-refractivity contribution >= 4 is 24.0 Å². The van der Waals surface area contributed by atoms with Crippen LogP contribution in [0.5, 0.6) is 11.5 Å². The van der Waals surface area contributed by atoms with E-state index in [1.807, 2.05) is 60.7 Å². The maximum atomic E-state index is 12.7. The molecule has 0 heterocycles. The quantitative estimate of drug-likeness (QED) is 0.0951. The van der Waals surface area contributed by atoms with Crippen molar-refractivity contribution in [3.63, 3.8) is 0 Å². The number of hydrazine groups is 1. The summed E-state index contributed by atoms with van der Waals surface area (Å²) in [5, 5.41) is 5.05. The predicted molar refractivity (Wildman–Crippen MR) is 186 cm³/mol. The number of esters is 2. The Bertz CT molecular complexity index is 1530. The zero-order chi connectivity index (χ0) is 35.6. The van der Waals surface area contributed by atoms with Gasteiger partial charge in [-0.2, -0.15) is 0 Å². The largest absolute Gasteiger partial charge is 0.489 e. The number of carbonyl (C=O) groups is 4. The van der Waals surface area contributed by atoms with Crippen LogP contribution in [0.25, 0.3) is 0 Å². The lowest BCUT2D eigenvalue weighted by molar-refractivity contribution is -0.146. The van der Waals surface area contributed by atoms with Crippen molar-refractivity contribution in [3.05, 3.63) is 131 Å². The van der Waals surface area contributed by atoms with Crippen LogP contribution < -0.4 is 31.0 Å². The second-order valence-electron chi connectivity index (χ2n) is 11.1. The molecule has 0 saturated carbocycles. The van der Waals surface area contributed by atoms with Crippen molar-refractivity contribution < 1.29 is 38.1 Å². The number of nitrogens with one attached hydrogen (secondary N) is 4. The van der Waals surface area contributed by atoms with Crippen LogP contribution in [0.3, 0.4) is 0 Å². The standard InChI is InChI=1S/C38H42N4O8/c1-3-47-35(43)33(23-27-15-19-31(20-16-27)49-25-29-11-7-5-8-12-29)39-37(45)41-42-38(46)40-34(36(44)48-4-2)24-28-17-21-32(22-18-28)50-26-30-13-9-6-10-14-30/h5-22,33-34H,3-4,23-26H2,1-2H3,(H2,39,41,45)(H2,40,42,46)/t33-,34-/m0/s1. The zero-order valence-electron chi connectivity index (χ0n) is 28.1. The number of amides is 4. The molecular formula is C38H42N4O8. The molecule has 4 rings (SSSR count). The number of hydrogen-bond donors (Lipinski definition) is 4. The third-order valence-electron chi connectivity index (χ3n) is 7.27. The molecule has 4 aromatic carbocycles. The van der Waals surface area contributed by atoms with Crippen LogP contribution in [0, 0.1) is 0 Å². The molecule has 0 saturated heterocycles. The maximum Gasteiger partial charge on any atom is 0.334 e. The molecule has 0 fully saturated rings. The summed E-state index contributed by atoms with van der Waals surface area (Å²) in [6.07, 6.45) is 0.247. The number of carbonyl (C=O) groups excluding carboxylic acids is 4. The fourth-order valence-corrected chi connectivity index (χ4v) is 4.77. The normalized spacial score (nSPS) is 11.6. The minimum atomic E-state index is -1.05. The Labute approximate surface area is 291 Å². The third-order valence-corrected chi connectivity index (χ3v) is 7.27. The monoisotopic (exact) mass is 682 g/mol. The van der Waals surface area contributed by atoms with Crippen LogP contribution in [0.2, 0.25) is 0 Å². The van der Waals surface area contributed by atoms with Gasteiger partial charge in [0.25, 0.3) is 0 Å². The van der Waals surface area contributed by atoms with E-state index in [1.165, 1.54) is 0 Å². The molecule has 50 heavy (non-hydrogen) atoms. The number of hydrogen-bond acceptors (Lipinski definition) is 8. The summed E-state index contributed by atoms with van der Waals surface area (Å²) in [4.78, 5) is 50.8. The van der Waals surface area contributed by atoms with E-state index in [2.05, 4.69) is 21.5 Å². The number of ether oxygens (including phenoxy) is 4. The number of benzene rings is 4. The summed E-state index contributed by atoms with van der Waals surface area (Å²) in [5.41, 5.74) is 7.96. The smallest absolute Gasteiger partial charge is 0.334 e. The van der Waals surface area contributed by atoms with E-state index in [9.17, 15) is 19.2 Å². The second kappa shape index (κ2) is 19.7. The molecule has 2 atom stereocenters. The highest BCUT2D eigenvalue weighted by atomic mass is 16.5. The van der Waals surface area contributed by atoms with Crippen LogP contribution in [-0.2, 0) is 45.1 Å². The van der Waals surface area contributed by atoms with Gasteiger partial charge in [0.1, 0.15) is 36.8 Å². The average Bonchev–Trinajstić information content (AvgIpc) is 3.14. The topological polar surface area (TPSA) is 153 Å². The molecule has 12 heteroatoms. The van der Waals surface area contributed by atoms with Gasteiger partial charge in [0.05, 0.1) is 13.2 Å². The summed E-state index contributed by atoms with van der Waals surface area (Å²) in [5.74, 6) is 0.0140. The van der Waals surface area contributed by atoms with Crippen molar-refractivity contribution in [3.8, 4) is 11.5 Å². The van der Waals surface area contributed by atoms with E-state index >= 15 is 0 Å². The summed E-state index contributed by atoms with van der Waals surface area (Å²) in [6.45, 7) is 4.37. The predicted octanol–water partition coefficient (Wildman–Crippen LogP) is 5.01.